The number of hydrogen-bond donors (Lipinski definition) is 2. The lowest BCUT2D eigenvalue weighted by Gasteiger charge is -2.37. The van der Waals surface area contributed by atoms with Crippen molar-refractivity contribution in [3.8, 4) is 0 Å². The summed E-state index contributed by atoms with van der Waals surface area (Å²) in [5, 5.41) is 14.0. The average Bonchev–Trinajstić information content (AvgIpc) is 2.82. The molecule has 1 amide bonds. The summed E-state index contributed by atoms with van der Waals surface area (Å²) in [5.74, 6) is 0.238. The molecule has 2 aliphatic rings. The fourth-order valence-corrected chi connectivity index (χ4v) is 3.75. The first-order valence-corrected chi connectivity index (χ1v) is 8.67. The zero-order valence-corrected chi connectivity index (χ0v) is 14.4. The zero-order chi connectivity index (χ0) is 16.6. The Kier molecular flexibility index (Phi) is 4.47. The van der Waals surface area contributed by atoms with Crippen LogP contribution in [0.25, 0.3) is 0 Å². The molecule has 0 aromatic heterocycles. The van der Waals surface area contributed by atoms with Gasteiger partial charge in [-0.3, -0.25) is 4.79 Å². The van der Waals surface area contributed by atoms with Crippen molar-refractivity contribution in [1.82, 2.24) is 10.2 Å². The Labute approximate surface area is 138 Å². The number of benzene rings is 1. The topological polar surface area (TPSA) is 52.6 Å². The second-order valence-corrected chi connectivity index (χ2v) is 7.93. The molecular weight excluding hydrogens is 288 g/mol. The number of nitrogens with one attached hydrogen (secondary N) is 1. The van der Waals surface area contributed by atoms with Gasteiger partial charge < -0.3 is 15.3 Å². The van der Waals surface area contributed by atoms with Gasteiger partial charge in [-0.05, 0) is 24.0 Å². The summed E-state index contributed by atoms with van der Waals surface area (Å²) < 4.78 is 0. The van der Waals surface area contributed by atoms with Crippen LogP contribution in [0.4, 0.5) is 0 Å². The van der Waals surface area contributed by atoms with Gasteiger partial charge in [-0.25, -0.2) is 0 Å². The number of piperidine rings is 1. The number of nitrogens with zero attached hydrogens (tertiary/aromatic N) is 1. The Hall–Kier alpha value is -1.39. The van der Waals surface area contributed by atoms with Crippen LogP contribution < -0.4 is 5.32 Å². The van der Waals surface area contributed by atoms with E-state index in [2.05, 4.69) is 17.4 Å². The number of rotatable bonds is 2. The predicted octanol–water partition coefficient (Wildman–Crippen LogP) is 2.27. The van der Waals surface area contributed by atoms with Gasteiger partial charge >= 0.3 is 0 Å². The molecule has 3 rings (SSSR count). The number of fused-ring (bicyclic) bond motifs is 1. The maximum absolute atomic E-state index is 12.4. The third kappa shape index (κ3) is 3.43. The average molecular weight is 316 g/mol. The number of carbonyl (C=O) groups excluding carboxylic acids is 1. The minimum Gasteiger partial charge on any atom is -0.391 e. The summed E-state index contributed by atoms with van der Waals surface area (Å²) in [7, 11) is 0. The molecule has 1 fully saturated rings. The molecule has 1 aromatic rings. The normalized spacial score (nSPS) is 25.5. The fraction of sp³-hybridized carbons (Fsp3) is 0.632. The number of amides is 1. The van der Waals surface area contributed by atoms with Gasteiger partial charge in [0.2, 0.25) is 5.91 Å². The number of carbonyl (C=O) groups is 1. The molecule has 0 bridgehead atoms. The number of aliphatic hydroxyl groups is 1. The molecule has 1 saturated heterocycles. The molecule has 1 aromatic carbocycles. The second-order valence-electron chi connectivity index (χ2n) is 7.93. The van der Waals surface area contributed by atoms with E-state index in [1.807, 2.05) is 37.8 Å². The van der Waals surface area contributed by atoms with Gasteiger partial charge in [0.05, 0.1) is 12.1 Å². The second kappa shape index (κ2) is 6.25. The summed E-state index contributed by atoms with van der Waals surface area (Å²) in [5.41, 5.74) is 2.17. The summed E-state index contributed by atoms with van der Waals surface area (Å²) in [6, 6.07) is 8.68. The highest BCUT2D eigenvalue weighted by Crippen LogP contribution is 2.32. The maximum Gasteiger partial charge on any atom is 0.227 e. The molecule has 0 unspecified atom stereocenters. The highest BCUT2D eigenvalue weighted by Gasteiger charge is 2.34. The van der Waals surface area contributed by atoms with Crippen LogP contribution in [0.3, 0.4) is 0 Å². The molecule has 0 spiro atoms. The van der Waals surface area contributed by atoms with E-state index in [0.717, 1.165) is 32.4 Å². The van der Waals surface area contributed by atoms with Crippen molar-refractivity contribution in [2.24, 2.45) is 5.41 Å². The van der Waals surface area contributed by atoms with E-state index < -0.39 is 0 Å². The Balaban J connectivity index is 1.58. The van der Waals surface area contributed by atoms with Crippen molar-refractivity contribution < 1.29 is 9.90 Å². The van der Waals surface area contributed by atoms with Crippen molar-refractivity contribution in [3.05, 3.63) is 35.4 Å². The highest BCUT2D eigenvalue weighted by molar-refractivity contribution is 5.81. The van der Waals surface area contributed by atoms with Gasteiger partial charge in [-0.2, -0.15) is 0 Å². The molecule has 1 heterocycles. The fourth-order valence-electron chi connectivity index (χ4n) is 3.75. The minimum absolute atomic E-state index is 0.0288. The summed E-state index contributed by atoms with van der Waals surface area (Å²) in [6.45, 7) is 7.54. The first kappa shape index (κ1) is 16.5. The van der Waals surface area contributed by atoms with Crippen LogP contribution in [0, 0.1) is 5.41 Å². The number of hydrogen-bond acceptors (Lipinski definition) is 3. The molecule has 23 heavy (non-hydrogen) atoms. The highest BCUT2D eigenvalue weighted by atomic mass is 16.3. The van der Waals surface area contributed by atoms with E-state index in [1.165, 1.54) is 11.1 Å². The monoisotopic (exact) mass is 316 g/mol. The lowest BCUT2D eigenvalue weighted by Crippen LogP contribution is -2.49. The molecule has 2 atom stereocenters. The van der Waals surface area contributed by atoms with Crippen LogP contribution in [0.1, 0.15) is 50.8 Å². The smallest absolute Gasteiger partial charge is 0.227 e. The molecule has 126 valence electrons. The third-order valence-corrected chi connectivity index (χ3v) is 5.04. The van der Waals surface area contributed by atoms with Gasteiger partial charge in [-0.15, -0.1) is 0 Å². The van der Waals surface area contributed by atoms with E-state index in [0.29, 0.717) is 6.04 Å². The lowest BCUT2D eigenvalue weighted by molar-refractivity contribution is -0.140. The molecule has 1 aliphatic heterocycles. The van der Waals surface area contributed by atoms with E-state index in [9.17, 15) is 9.90 Å². The van der Waals surface area contributed by atoms with E-state index >= 15 is 0 Å². The van der Waals surface area contributed by atoms with Crippen LogP contribution in [-0.2, 0) is 11.2 Å². The molecule has 1 aliphatic carbocycles. The van der Waals surface area contributed by atoms with Crippen LogP contribution >= 0.6 is 0 Å². The predicted molar refractivity (Wildman–Crippen MR) is 91.1 cm³/mol. The molecule has 4 nitrogen and oxygen atoms in total. The zero-order valence-electron chi connectivity index (χ0n) is 14.4. The largest absolute Gasteiger partial charge is 0.391 e. The van der Waals surface area contributed by atoms with Gasteiger partial charge in [0.15, 0.2) is 0 Å². The third-order valence-electron chi connectivity index (χ3n) is 5.04. The van der Waals surface area contributed by atoms with Gasteiger partial charge in [0.25, 0.3) is 0 Å². The standard InChI is InChI=1S/C19H28N2O2/c1-19(2,3)18(23)21-10-8-14(9-11-21)20-17-15-7-5-4-6-13(15)12-16(17)22/h4-7,14,16-17,20,22H,8-12H2,1-3H3/t16-,17+/m0/s1. The molecule has 0 saturated carbocycles. The van der Waals surface area contributed by atoms with Crippen LogP contribution in [-0.4, -0.2) is 41.1 Å². The molecule has 2 N–H and O–H groups in total. The van der Waals surface area contributed by atoms with Crippen molar-refractivity contribution in [1.29, 1.82) is 0 Å². The van der Waals surface area contributed by atoms with Crippen molar-refractivity contribution >= 4 is 5.91 Å². The molecule has 0 radical (unpaired) electrons. The Morgan fingerprint density at radius 2 is 1.87 bits per heavy atom. The van der Waals surface area contributed by atoms with Gasteiger partial charge in [0.1, 0.15) is 0 Å². The Morgan fingerprint density at radius 1 is 1.22 bits per heavy atom. The van der Waals surface area contributed by atoms with Crippen LogP contribution in [0.2, 0.25) is 0 Å². The van der Waals surface area contributed by atoms with Crippen molar-refractivity contribution in [2.75, 3.05) is 13.1 Å². The minimum atomic E-state index is -0.346. The van der Waals surface area contributed by atoms with E-state index in [1.54, 1.807) is 0 Å². The quantitative estimate of drug-likeness (QED) is 0.880. The molecule has 4 heteroatoms. The number of likely N-dealkylation sites (tertiary alicyclic amines) is 1. The molecular formula is C19H28N2O2. The van der Waals surface area contributed by atoms with Crippen LogP contribution in [0.5, 0.6) is 0 Å². The maximum atomic E-state index is 12.4. The summed E-state index contributed by atoms with van der Waals surface area (Å²) in [4.78, 5) is 14.3. The van der Waals surface area contributed by atoms with Crippen molar-refractivity contribution in [2.45, 2.75) is 58.2 Å². The summed E-state index contributed by atoms with van der Waals surface area (Å²) >= 11 is 0. The van der Waals surface area contributed by atoms with E-state index in [-0.39, 0.29) is 23.5 Å². The first-order chi connectivity index (χ1) is 10.9. The van der Waals surface area contributed by atoms with Crippen LogP contribution in [0.15, 0.2) is 24.3 Å². The summed E-state index contributed by atoms with van der Waals surface area (Å²) in [6.07, 6.45) is 2.29. The SMILES string of the molecule is CC(C)(C)C(=O)N1CCC(N[C@@H]2c3ccccc3C[C@@H]2O)CC1. The Morgan fingerprint density at radius 3 is 2.52 bits per heavy atom. The van der Waals surface area contributed by atoms with Crippen molar-refractivity contribution in [3.63, 3.8) is 0 Å². The van der Waals surface area contributed by atoms with Gasteiger partial charge in [0, 0.05) is 31.0 Å². The first-order valence-electron chi connectivity index (χ1n) is 8.67. The van der Waals surface area contributed by atoms with E-state index in [4.69, 9.17) is 0 Å². The number of aliphatic hydroxyl groups excluding tert-OH is 1. The van der Waals surface area contributed by atoms with Gasteiger partial charge in [-0.1, -0.05) is 45.0 Å². The Bertz CT molecular complexity index is 571. The lowest BCUT2D eigenvalue weighted by atomic mass is 9.92.